The number of hydrogen-bond donors (Lipinski definition) is 2. The van der Waals surface area contributed by atoms with E-state index in [2.05, 4.69) is 34.5 Å². The van der Waals surface area contributed by atoms with Crippen molar-refractivity contribution in [3.8, 4) is 0 Å². The first-order valence-corrected chi connectivity index (χ1v) is 9.76. The molecule has 3 rings (SSSR count). The van der Waals surface area contributed by atoms with E-state index in [-0.39, 0.29) is 17.9 Å². The van der Waals surface area contributed by atoms with Gasteiger partial charge >= 0.3 is 6.03 Å². The Morgan fingerprint density at radius 3 is 2.59 bits per heavy atom. The first-order valence-electron chi connectivity index (χ1n) is 9.76. The lowest BCUT2D eigenvalue weighted by Crippen LogP contribution is -2.47. The maximum atomic E-state index is 13.0. The van der Waals surface area contributed by atoms with Crippen molar-refractivity contribution < 1.29 is 13.9 Å². The summed E-state index contributed by atoms with van der Waals surface area (Å²) in [5, 5.41) is 6.05. The molecule has 2 saturated heterocycles. The van der Waals surface area contributed by atoms with Crippen molar-refractivity contribution in [1.29, 1.82) is 0 Å². The Labute approximate surface area is 161 Å². The minimum Gasteiger partial charge on any atom is -0.381 e. The molecule has 0 aliphatic carbocycles. The molecular weight excluding hydrogens is 347 g/mol. The van der Waals surface area contributed by atoms with Gasteiger partial charge in [0, 0.05) is 57.4 Å². The standard InChI is InChI=1S/C20H31FN4O2/c1-24(2)12-16-13-25(18-7-9-27-10-8-18)14-19(16)23-20(26)22-11-15-3-5-17(21)6-4-15/h3-6,16,18-19H,7-14H2,1-2H3,(H2,22,23,26)/t16-,19-/m1/s1. The second kappa shape index (κ2) is 9.48. The van der Waals surface area contributed by atoms with Gasteiger partial charge in [-0.15, -0.1) is 0 Å². The van der Waals surface area contributed by atoms with Crippen LogP contribution < -0.4 is 10.6 Å². The smallest absolute Gasteiger partial charge is 0.315 e. The third-order valence-corrected chi connectivity index (χ3v) is 5.46. The minimum absolute atomic E-state index is 0.128. The molecule has 2 aliphatic heterocycles. The van der Waals surface area contributed by atoms with Crippen molar-refractivity contribution in [2.45, 2.75) is 31.5 Å². The average molecular weight is 378 g/mol. The number of ether oxygens (including phenoxy) is 1. The van der Waals surface area contributed by atoms with Gasteiger partial charge in [-0.05, 0) is 44.6 Å². The first-order chi connectivity index (χ1) is 13.0. The van der Waals surface area contributed by atoms with Gasteiger partial charge < -0.3 is 20.3 Å². The molecule has 2 atom stereocenters. The highest BCUT2D eigenvalue weighted by Crippen LogP contribution is 2.24. The van der Waals surface area contributed by atoms with Crippen molar-refractivity contribution >= 4 is 6.03 Å². The van der Waals surface area contributed by atoms with E-state index in [1.807, 2.05) is 0 Å². The number of carbonyl (C=O) groups is 1. The largest absolute Gasteiger partial charge is 0.381 e. The SMILES string of the molecule is CN(C)C[C@@H]1CN(C2CCOCC2)C[C@H]1NC(=O)NCc1ccc(F)cc1. The molecule has 2 fully saturated rings. The Bertz CT molecular complexity index is 605. The van der Waals surface area contributed by atoms with Gasteiger partial charge in [-0.1, -0.05) is 12.1 Å². The van der Waals surface area contributed by atoms with E-state index < -0.39 is 0 Å². The molecule has 1 aromatic carbocycles. The summed E-state index contributed by atoms with van der Waals surface area (Å²) >= 11 is 0. The zero-order valence-electron chi connectivity index (χ0n) is 16.3. The van der Waals surface area contributed by atoms with Gasteiger partial charge in [-0.25, -0.2) is 9.18 Å². The Morgan fingerprint density at radius 1 is 1.22 bits per heavy atom. The van der Waals surface area contributed by atoms with Crippen LogP contribution in [0.5, 0.6) is 0 Å². The molecule has 2 N–H and O–H groups in total. The van der Waals surface area contributed by atoms with E-state index in [1.165, 1.54) is 12.1 Å². The lowest BCUT2D eigenvalue weighted by atomic mass is 10.0. The molecule has 0 bridgehead atoms. The van der Waals surface area contributed by atoms with Crippen molar-refractivity contribution in [2.24, 2.45) is 5.92 Å². The molecule has 0 unspecified atom stereocenters. The molecule has 2 amide bonds. The lowest BCUT2D eigenvalue weighted by molar-refractivity contribution is 0.0404. The van der Waals surface area contributed by atoms with Crippen molar-refractivity contribution in [3.05, 3.63) is 35.6 Å². The van der Waals surface area contributed by atoms with Crippen LogP contribution in [0.1, 0.15) is 18.4 Å². The van der Waals surface area contributed by atoms with Gasteiger partial charge in [-0.2, -0.15) is 0 Å². The van der Waals surface area contributed by atoms with Crippen LogP contribution in [0.2, 0.25) is 0 Å². The maximum Gasteiger partial charge on any atom is 0.315 e. The fourth-order valence-electron chi connectivity index (χ4n) is 4.07. The summed E-state index contributed by atoms with van der Waals surface area (Å²) < 4.78 is 18.5. The average Bonchev–Trinajstić information content (AvgIpc) is 3.04. The number of benzene rings is 1. The summed E-state index contributed by atoms with van der Waals surface area (Å²) in [6.07, 6.45) is 2.14. The van der Waals surface area contributed by atoms with Crippen LogP contribution in [0.3, 0.4) is 0 Å². The minimum atomic E-state index is -0.270. The van der Waals surface area contributed by atoms with Crippen LogP contribution in [-0.2, 0) is 11.3 Å². The predicted molar refractivity (Wildman–Crippen MR) is 103 cm³/mol. The van der Waals surface area contributed by atoms with Crippen LogP contribution in [0, 0.1) is 11.7 Å². The lowest BCUT2D eigenvalue weighted by Gasteiger charge is -2.31. The van der Waals surface area contributed by atoms with E-state index in [4.69, 9.17) is 4.74 Å². The fraction of sp³-hybridized carbons (Fsp3) is 0.650. The second-order valence-electron chi connectivity index (χ2n) is 7.88. The van der Waals surface area contributed by atoms with E-state index in [0.29, 0.717) is 18.5 Å². The molecule has 150 valence electrons. The third kappa shape index (κ3) is 5.89. The quantitative estimate of drug-likeness (QED) is 0.791. The van der Waals surface area contributed by atoms with Gasteiger partial charge in [-0.3, -0.25) is 4.90 Å². The Balaban J connectivity index is 1.53. The van der Waals surface area contributed by atoms with E-state index in [1.54, 1.807) is 12.1 Å². The van der Waals surface area contributed by atoms with Gasteiger partial charge in [0.05, 0.1) is 0 Å². The number of urea groups is 1. The van der Waals surface area contributed by atoms with Gasteiger partial charge in [0.2, 0.25) is 0 Å². The van der Waals surface area contributed by atoms with Gasteiger partial charge in [0.1, 0.15) is 5.82 Å². The Morgan fingerprint density at radius 2 is 1.93 bits per heavy atom. The van der Waals surface area contributed by atoms with E-state index in [0.717, 1.165) is 51.3 Å². The number of rotatable bonds is 6. The zero-order chi connectivity index (χ0) is 19.2. The first kappa shape index (κ1) is 20.0. The van der Waals surface area contributed by atoms with Gasteiger partial charge in [0.15, 0.2) is 0 Å². The summed E-state index contributed by atoms with van der Waals surface area (Å²) in [7, 11) is 4.14. The summed E-state index contributed by atoms with van der Waals surface area (Å²) in [6.45, 7) is 4.88. The highest BCUT2D eigenvalue weighted by atomic mass is 19.1. The van der Waals surface area contributed by atoms with Crippen LogP contribution in [-0.4, -0.2) is 74.9 Å². The Kier molecular flexibility index (Phi) is 7.04. The molecule has 2 heterocycles. The number of halogens is 1. The summed E-state index contributed by atoms with van der Waals surface area (Å²) in [5.41, 5.74) is 0.881. The highest BCUT2D eigenvalue weighted by molar-refractivity contribution is 5.74. The van der Waals surface area contributed by atoms with Crippen LogP contribution in [0.15, 0.2) is 24.3 Å². The summed E-state index contributed by atoms with van der Waals surface area (Å²) in [4.78, 5) is 17.1. The second-order valence-corrected chi connectivity index (χ2v) is 7.88. The molecule has 0 saturated carbocycles. The number of carbonyl (C=O) groups excluding carboxylic acids is 1. The number of hydrogen-bond acceptors (Lipinski definition) is 4. The molecule has 27 heavy (non-hydrogen) atoms. The molecule has 1 aromatic rings. The molecule has 7 heteroatoms. The molecule has 6 nitrogen and oxygen atoms in total. The van der Waals surface area contributed by atoms with E-state index >= 15 is 0 Å². The monoisotopic (exact) mass is 378 g/mol. The summed E-state index contributed by atoms with van der Waals surface area (Å²) in [6, 6.07) is 6.71. The van der Waals surface area contributed by atoms with Crippen molar-refractivity contribution in [2.75, 3.05) is 46.9 Å². The maximum absolute atomic E-state index is 13.0. The van der Waals surface area contributed by atoms with Crippen LogP contribution >= 0.6 is 0 Å². The highest BCUT2D eigenvalue weighted by Gasteiger charge is 2.37. The fourth-order valence-corrected chi connectivity index (χ4v) is 4.07. The van der Waals surface area contributed by atoms with Gasteiger partial charge in [0.25, 0.3) is 0 Å². The number of nitrogens with one attached hydrogen (secondary N) is 2. The molecule has 2 aliphatic rings. The summed E-state index contributed by atoms with van der Waals surface area (Å²) in [5.74, 6) is 0.133. The van der Waals surface area contributed by atoms with E-state index in [9.17, 15) is 9.18 Å². The van der Waals surface area contributed by atoms with Crippen molar-refractivity contribution in [1.82, 2.24) is 20.4 Å². The third-order valence-electron chi connectivity index (χ3n) is 5.46. The molecule has 0 radical (unpaired) electrons. The topological polar surface area (TPSA) is 56.8 Å². The number of likely N-dealkylation sites (tertiary alicyclic amines) is 1. The van der Waals surface area contributed by atoms with Crippen LogP contribution in [0.25, 0.3) is 0 Å². The predicted octanol–water partition coefficient (Wildman–Crippen LogP) is 1.67. The van der Waals surface area contributed by atoms with Crippen molar-refractivity contribution in [3.63, 3.8) is 0 Å². The van der Waals surface area contributed by atoms with Crippen LogP contribution in [0.4, 0.5) is 9.18 Å². The molecular formula is C20H31FN4O2. The number of amides is 2. The molecule has 0 spiro atoms. The normalized spacial score (nSPS) is 24.3. The molecule has 0 aromatic heterocycles. The number of nitrogens with zero attached hydrogens (tertiary/aromatic N) is 2. The zero-order valence-corrected chi connectivity index (χ0v) is 16.3. The Hall–Kier alpha value is -1.70.